The Bertz CT molecular complexity index is 669. The third kappa shape index (κ3) is 3.43. The first kappa shape index (κ1) is 19.4. The first-order valence-electron chi connectivity index (χ1n) is 7.11. The van der Waals surface area contributed by atoms with E-state index in [0.29, 0.717) is 0 Å². The number of amides is 2. The molecule has 9 nitrogen and oxygen atoms in total. The summed E-state index contributed by atoms with van der Waals surface area (Å²) in [5.41, 5.74) is -1.65. The van der Waals surface area contributed by atoms with E-state index in [9.17, 15) is 24.3 Å². The summed E-state index contributed by atoms with van der Waals surface area (Å²) in [4.78, 5) is 53.5. The first-order chi connectivity index (χ1) is 11.8. The van der Waals surface area contributed by atoms with Crippen molar-refractivity contribution in [2.75, 3.05) is 24.7 Å². The van der Waals surface area contributed by atoms with Gasteiger partial charge in [-0.1, -0.05) is 27.2 Å². The summed E-state index contributed by atoms with van der Waals surface area (Å²) in [6.45, 7) is 3.55. The van der Waals surface area contributed by atoms with Gasteiger partial charge in [-0.05, 0) is 0 Å². The largest absolute Gasteiger partial charge is 0.481 e. The van der Waals surface area contributed by atoms with Crippen LogP contribution in [0.5, 0.6) is 0 Å². The lowest BCUT2D eigenvalue weighted by Gasteiger charge is -2.53. The Balaban J connectivity index is 2.08. The molecule has 2 saturated heterocycles. The van der Waals surface area contributed by atoms with E-state index in [2.05, 4.69) is 37.8 Å². The molecular weight excluding hydrogens is 418 g/mol. The molecule has 2 aliphatic heterocycles. The average Bonchev–Trinajstić information content (AvgIpc) is 2.62. The standard InChI is InChI=1S/C14H16BrN3O6S/c1-3-14(13(22)23)5-18-11(21)9(12(18)25-6-14)16-10(20)8(17-24-2)7(19)4-15/h3,9,12H,1,4-6H2,2H3,(H,16,20)(H,22,23)/t9?,12-,14?/m1/s1. The van der Waals surface area contributed by atoms with Crippen molar-refractivity contribution in [1.29, 1.82) is 0 Å². The first-order valence-corrected chi connectivity index (χ1v) is 9.28. The number of hydrogen-bond acceptors (Lipinski definition) is 7. The summed E-state index contributed by atoms with van der Waals surface area (Å²) in [5.74, 6) is -2.64. The van der Waals surface area contributed by atoms with E-state index in [0.717, 1.165) is 0 Å². The van der Waals surface area contributed by atoms with Crippen LogP contribution in [0.2, 0.25) is 0 Å². The summed E-state index contributed by atoms with van der Waals surface area (Å²) in [6.07, 6.45) is 1.33. The van der Waals surface area contributed by atoms with Gasteiger partial charge in [0.1, 0.15) is 23.9 Å². The Morgan fingerprint density at radius 3 is 2.80 bits per heavy atom. The van der Waals surface area contributed by atoms with Crippen LogP contribution in [0, 0.1) is 5.41 Å². The molecule has 2 heterocycles. The lowest BCUT2D eigenvalue weighted by atomic mass is 9.87. The number of aliphatic carboxylic acids is 1. The molecule has 0 aromatic carbocycles. The molecule has 0 aromatic rings. The highest BCUT2D eigenvalue weighted by Crippen LogP contribution is 2.42. The predicted octanol–water partition coefficient (Wildman–Crippen LogP) is -0.390. The SMILES string of the molecule is C=CC1(C(=O)O)CS[C@@H]2C(NC(=O)C(=NOC)C(=O)CBr)C(=O)N2C1. The van der Waals surface area contributed by atoms with Crippen LogP contribution in [0.1, 0.15) is 0 Å². The highest BCUT2D eigenvalue weighted by Gasteiger charge is 2.56. The van der Waals surface area contributed by atoms with Gasteiger partial charge in [-0.2, -0.15) is 0 Å². The minimum atomic E-state index is -1.21. The van der Waals surface area contributed by atoms with Crippen LogP contribution in [0.4, 0.5) is 0 Å². The van der Waals surface area contributed by atoms with Gasteiger partial charge in [0, 0.05) is 12.3 Å². The lowest BCUT2D eigenvalue weighted by Crippen LogP contribution is -2.74. The van der Waals surface area contributed by atoms with Crippen LogP contribution in [0.15, 0.2) is 17.8 Å². The topological polar surface area (TPSA) is 125 Å². The van der Waals surface area contributed by atoms with E-state index in [1.165, 1.54) is 29.8 Å². The van der Waals surface area contributed by atoms with Crippen LogP contribution in [-0.2, 0) is 24.0 Å². The third-order valence-electron chi connectivity index (χ3n) is 3.99. The molecule has 3 atom stereocenters. The molecule has 11 heteroatoms. The van der Waals surface area contributed by atoms with E-state index in [1.54, 1.807) is 0 Å². The van der Waals surface area contributed by atoms with Gasteiger partial charge in [0.25, 0.3) is 5.91 Å². The van der Waals surface area contributed by atoms with Crippen molar-refractivity contribution in [2.45, 2.75) is 11.4 Å². The number of ketones is 1. The number of oxime groups is 1. The molecule has 2 N–H and O–H groups in total. The number of fused-ring (bicyclic) bond motifs is 1. The number of nitrogens with one attached hydrogen (secondary N) is 1. The van der Waals surface area contributed by atoms with E-state index < -0.39 is 46.1 Å². The molecule has 0 bridgehead atoms. The molecule has 2 rings (SSSR count). The predicted molar refractivity (Wildman–Crippen MR) is 93.4 cm³/mol. The van der Waals surface area contributed by atoms with Crippen molar-refractivity contribution < 1.29 is 29.1 Å². The quantitative estimate of drug-likeness (QED) is 0.140. The fourth-order valence-electron chi connectivity index (χ4n) is 2.52. The number of rotatable bonds is 7. The molecule has 0 radical (unpaired) electrons. The fourth-order valence-corrected chi connectivity index (χ4v) is 4.32. The Hall–Kier alpha value is -1.88. The van der Waals surface area contributed by atoms with Gasteiger partial charge in [-0.25, -0.2) is 0 Å². The van der Waals surface area contributed by atoms with Gasteiger partial charge in [-0.3, -0.25) is 19.2 Å². The maximum absolute atomic E-state index is 12.3. The second-order valence-electron chi connectivity index (χ2n) is 5.46. The van der Waals surface area contributed by atoms with Gasteiger partial charge >= 0.3 is 5.97 Å². The molecule has 2 aliphatic rings. The van der Waals surface area contributed by atoms with Gasteiger partial charge in [-0.15, -0.1) is 18.3 Å². The lowest BCUT2D eigenvalue weighted by molar-refractivity contribution is -0.156. The normalized spacial score (nSPS) is 28.5. The van der Waals surface area contributed by atoms with E-state index >= 15 is 0 Å². The van der Waals surface area contributed by atoms with Gasteiger partial charge in [0.15, 0.2) is 0 Å². The summed E-state index contributed by atoms with van der Waals surface area (Å²) in [5, 5.41) is 14.7. The summed E-state index contributed by atoms with van der Waals surface area (Å²) >= 11 is 4.18. The molecule has 0 aromatic heterocycles. The highest BCUT2D eigenvalue weighted by atomic mass is 79.9. The third-order valence-corrected chi connectivity index (χ3v) is 6.05. The molecule has 0 aliphatic carbocycles. The van der Waals surface area contributed by atoms with Crippen molar-refractivity contribution in [3.05, 3.63) is 12.7 Å². The molecule has 136 valence electrons. The van der Waals surface area contributed by atoms with Crippen molar-refractivity contribution in [3.8, 4) is 0 Å². The number of carbonyl (C=O) groups is 4. The van der Waals surface area contributed by atoms with Crippen molar-refractivity contribution in [3.63, 3.8) is 0 Å². The van der Waals surface area contributed by atoms with E-state index in [-0.39, 0.29) is 17.6 Å². The van der Waals surface area contributed by atoms with Gasteiger partial charge in [0.05, 0.1) is 5.33 Å². The molecule has 2 amide bonds. The van der Waals surface area contributed by atoms with Crippen molar-refractivity contribution in [1.82, 2.24) is 10.2 Å². The van der Waals surface area contributed by atoms with Crippen LogP contribution in [0.25, 0.3) is 0 Å². The molecule has 2 fully saturated rings. The second kappa shape index (κ2) is 7.56. The number of carbonyl (C=O) groups excluding carboxylic acids is 3. The number of thioether (sulfide) groups is 1. The van der Waals surface area contributed by atoms with Gasteiger partial charge < -0.3 is 20.2 Å². The van der Waals surface area contributed by atoms with Crippen LogP contribution in [0.3, 0.4) is 0 Å². The zero-order chi connectivity index (χ0) is 18.8. The monoisotopic (exact) mass is 433 g/mol. The zero-order valence-electron chi connectivity index (χ0n) is 13.2. The minimum absolute atomic E-state index is 0.00590. The van der Waals surface area contributed by atoms with Crippen LogP contribution < -0.4 is 5.32 Å². The molecule has 25 heavy (non-hydrogen) atoms. The molecule has 2 unspecified atom stereocenters. The number of nitrogens with zero attached hydrogens (tertiary/aromatic N) is 2. The maximum atomic E-state index is 12.3. The Morgan fingerprint density at radius 1 is 1.60 bits per heavy atom. The average molecular weight is 434 g/mol. The zero-order valence-corrected chi connectivity index (χ0v) is 15.6. The molecular formula is C14H16BrN3O6S. The second-order valence-corrected chi connectivity index (χ2v) is 7.13. The summed E-state index contributed by atoms with van der Waals surface area (Å²) in [7, 11) is 1.20. The fraction of sp³-hybridized carbons (Fsp3) is 0.500. The van der Waals surface area contributed by atoms with Crippen molar-refractivity contribution in [2.24, 2.45) is 10.6 Å². The van der Waals surface area contributed by atoms with E-state index in [1.807, 2.05) is 0 Å². The number of carboxylic acids is 1. The Kier molecular flexibility index (Phi) is 5.88. The number of Topliss-reactive ketones (excluding diaryl/α,β-unsaturated/α-hetero) is 1. The summed E-state index contributed by atoms with van der Waals surface area (Å²) < 4.78 is 0. The number of alkyl halides is 1. The Labute approximate surface area is 155 Å². The molecule has 0 saturated carbocycles. The number of β-lactam (4-membered cyclic amide) rings is 1. The van der Waals surface area contributed by atoms with Gasteiger partial charge in [0.2, 0.25) is 17.4 Å². The Morgan fingerprint density at radius 2 is 2.28 bits per heavy atom. The van der Waals surface area contributed by atoms with Crippen molar-refractivity contribution >= 4 is 57.0 Å². The highest BCUT2D eigenvalue weighted by molar-refractivity contribution is 9.09. The maximum Gasteiger partial charge on any atom is 0.316 e. The minimum Gasteiger partial charge on any atom is -0.481 e. The van der Waals surface area contributed by atoms with Crippen LogP contribution >= 0.6 is 27.7 Å². The number of halogens is 1. The number of hydrogen-bond donors (Lipinski definition) is 2. The molecule has 0 spiro atoms. The van der Waals surface area contributed by atoms with Crippen LogP contribution in [-0.4, -0.2) is 75.4 Å². The summed E-state index contributed by atoms with van der Waals surface area (Å²) in [6, 6.07) is -0.848. The smallest absolute Gasteiger partial charge is 0.316 e. The van der Waals surface area contributed by atoms with E-state index in [4.69, 9.17) is 0 Å². The number of carboxylic acid groups (broad SMARTS) is 1.